The molecule has 0 aliphatic heterocycles. The lowest BCUT2D eigenvalue weighted by molar-refractivity contribution is -0.133. The van der Waals surface area contributed by atoms with E-state index in [1.165, 1.54) is 12.8 Å². The summed E-state index contributed by atoms with van der Waals surface area (Å²) >= 11 is 6.01. The lowest BCUT2D eigenvalue weighted by Gasteiger charge is -2.30. The van der Waals surface area contributed by atoms with Crippen LogP contribution in [0.3, 0.4) is 0 Å². The number of halogens is 2. The van der Waals surface area contributed by atoms with Crippen LogP contribution in [0.2, 0.25) is 5.02 Å². The molecule has 0 spiro atoms. The van der Waals surface area contributed by atoms with Gasteiger partial charge in [-0.15, -0.1) is 12.4 Å². The van der Waals surface area contributed by atoms with Crippen molar-refractivity contribution in [2.24, 2.45) is 11.7 Å². The second kappa shape index (κ2) is 9.39. The van der Waals surface area contributed by atoms with Crippen molar-refractivity contribution in [2.75, 3.05) is 6.54 Å². The minimum Gasteiger partial charge on any atom is -0.339 e. The topological polar surface area (TPSA) is 46.3 Å². The van der Waals surface area contributed by atoms with Crippen LogP contribution in [-0.2, 0) is 11.3 Å². The van der Waals surface area contributed by atoms with Crippen molar-refractivity contribution < 1.29 is 4.79 Å². The highest BCUT2D eigenvalue weighted by molar-refractivity contribution is 6.30. The van der Waals surface area contributed by atoms with Gasteiger partial charge in [0, 0.05) is 30.6 Å². The zero-order valence-corrected chi connectivity index (χ0v) is 14.7. The maximum atomic E-state index is 12.5. The van der Waals surface area contributed by atoms with Crippen molar-refractivity contribution >= 4 is 29.9 Å². The SMILES string of the molecule is CCN(Cc1cccc(Cl)c1)C(=O)CC1CCCCC1N.Cl. The molecule has 1 aromatic rings. The summed E-state index contributed by atoms with van der Waals surface area (Å²) in [6.45, 7) is 3.36. The molecule has 0 heterocycles. The third-order valence-electron chi connectivity index (χ3n) is 4.40. The van der Waals surface area contributed by atoms with Gasteiger partial charge in [0.25, 0.3) is 0 Å². The van der Waals surface area contributed by atoms with Crippen molar-refractivity contribution in [3.8, 4) is 0 Å². The Morgan fingerprint density at radius 2 is 2.09 bits per heavy atom. The first-order valence-corrected chi connectivity index (χ1v) is 8.25. The Morgan fingerprint density at radius 1 is 1.36 bits per heavy atom. The zero-order valence-electron chi connectivity index (χ0n) is 13.1. The molecule has 1 aliphatic carbocycles. The van der Waals surface area contributed by atoms with Crippen LogP contribution in [0.5, 0.6) is 0 Å². The number of nitrogens with zero attached hydrogens (tertiary/aromatic N) is 1. The smallest absolute Gasteiger partial charge is 0.223 e. The summed E-state index contributed by atoms with van der Waals surface area (Å²) in [7, 11) is 0. The first-order valence-electron chi connectivity index (χ1n) is 7.88. The van der Waals surface area contributed by atoms with E-state index in [0.29, 0.717) is 30.5 Å². The number of hydrogen-bond donors (Lipinski definition) is 1. The normalized spacial score (nSPS) is 21.0. The molecule has 2 unspecified atom stereocenters. The van der Waals surface area contributed by atoms with E-state index in [0.717, 1.165) is 18.4 Å². The fourth-order valence-electron chi connectivity index (χ4n) is 3.08. The standard InChI is InChI=1S/C17H25ClN2O.ClH/c1-2-20(12-13-6-5-8-15(18)10-13)17(21)11-14-7-3-4-9-16(14)19;/h5-6,8,10,14,16H,2-4,7,9,11-12,19H2,1H3;1H. The third-order valence-corrected chi connectivity index (χ3v) is 4.64. The molecule has 0 bridgehead atoms. The van der Waals surface area contributed by atoms with Gasteiger partial charge in [-0.25, -0.2) is 0 Å². The van der Waals surface area contributed by atoms with Gasteiger partial charge in [0.15, 0.2) is 0 Å². The number of carbonyl (C=O) groups excluding carboxylic acids is 1. The Balaban J connectivity index is 0.00000242. The van der Waals surface area contributed by atoms with E-state index < -0.39 is 0 Å². The molecule has 1 aliphatic rings. The Labute approximate surface area is 144 Å². The molecule has 1 aromatic carbocycles. The van der Waals surface area contributed by atoms with Crippen molar-refractivity contribution in [3.63, 3.8) is 0 Å². The highest BCUT2D eigenvalue weighted by Crippen LogP contribution is 2.26. The van der Waals surface area contributed by atoms with Crippen LogP contribution in [0.25, 0.3) is 0 Å². The molecule has 22 heavy (non-hydrogen) atoms. The van der Waals surface area contributed by atoms with E-state index in [1.807, 2.05) is 36.1 Å². The number of benzene rings is 1. The van der Waals surface area contributed by atoms with Crippen LogP contribution in [0.1, 0.15) is 44.6 Å². The summed E-state index contributed by atoms with van der Waals surface area (Å²) in [4.78, 5) is 14.4. The Hall–Kier alpha value is -0.770. The molecule has 0 radical (unpaired) electrons. The quantitative estimate of drug-likeness (QED) is 0.876. The summed E-state index contributed by atoms with van der Waals surface area (Å²) in [5.74, 6) is 0.555. The molecule has 5 heteroatoms. The predicted octanol–water partition coefficient (Wildman–Crippen LogP) is 4.02. The van der Waals surface area contributed by atoms with E-state index in [2.05, 4.69) is 0 Å². The zero-order chi connectivity index (χ0) is 15.2. The summed E-state index contributed by atoms with van der Waals surface area (Å²) in [5.41, 5.74) is 7.23. The van der Waals surface area contributed by atoms with Crippen LogP contribution < -0.4 is 5.73 Å². The Bertz CT molecular complexity index is 481. The van der Waals surface area contributed by atoms with Crippen LogP contribution in [0.15, 0.2) is 24.3 Å². The van der Waals surface area contributed by atoms with Crippen molar-refractivity contribution in [1.82, 2.24) is 4.90 Å². The highest BCUT2D eigenvalue weighted by atomic mass is 35.5. The van der Waals surface area contributed by atoms with E-state index in [9.17, 15) is 4.79 Å². The molecule has 2 atom stereocenters. The largest absolute Gasteiger partial charge is 0.339 e. The Morgan fingerprint density at radius 3 is 2.73 bits per heavy atom. The maximum Gasteiger partial charge on any atom is 0.223 e. The summed E-state index contributed by atoms with van der Waals surface area (Å²) < 4.78 is 0. The van der Waals surface area contributed by atoms with E-state index in [4.69, 9.17) is 17.3 Å². The fraction of sp³-hybridized carbons (Fsp3) is 0.588. The van der Waals surface area contributed by atoms with Gasteiger partial charge in [-0.05, 0) is 43.4 Å². The highest BCUT2D eigenvalue weighted by Gasteiger charge is 2.26. The molecule has 1 fully saturated rings. The minimum absolute atomic E-state index is 0. The second-order valence-electron chi connectivity index (χ2n) is 5.95. The average molecular weight is 345 g/mol. The van der Waals surface area contributed by atoms with Crippen LogP contribution in [0.4, 0.5) is 0 Å². The molecular weight excluding hydrogens is 319 g/mol. The predicted molar refractivity (Wildman–Crippen MR) is 94.3 cm³/mol. The molecule has 2 rings (SSSR count). The number of hydrogen-bond acceptors (Lipinski definition) is 2. The van der Waals surface area contributed by atoms with Crippen LogP contribution in [0, 0.1) is 5.92 Å². The van der Waals surface area contributed by atoms with Gasteiger partial charge in [0.05, 0.1) is 0 Å². The van der Waals surface area contributed by atoms with Crippen molar-refractivity contribution in [3.05, 3.63) is 34.9 Å². The van der Waals surface area contributed by atoms with Gasteiger partial charge in [-0.2, -0.15) is 0 Å². The third kappa shape index (κ3) is 5.45. The van der Waals surface area contributed by atoms with Gasteiger partial charge >= 0.3 is 0 Å². The number of nitrogens with two attached hydrogens (primary N) is 1. The lowest BCUT2D eigenvalue weighted by Crippen LogP contribution is -2.38. The molecule has 124 valence electrons. The number of amides is 1. The number of carbonyl (C=O) groups is 1. The van der Waals surface area contributed by atoms with Gasteiger partial charge in [0.1, 0.15) is 0 Å². The van der Waals surface area contributed by atoms with E-state index in [1.54, 1.807) is 0 Å². The van der Waals surface area contributed by atoms with Crippen molar-refractivity contribution in [1.29, 1.82) is 0 Å². The minimum atomic E-state index is 0. The van der Waals surface area contributed by atoms with E-state index >= 15 is 0 Å². The van der Waals surface area contributed by atoms with Gasteiger partial charge in [0.2, 0.25) is 5.91 Å². The maximum absolute atomic E-state index is 12.5. The summed E-state index contributed by atoms with van der Waals surface area (Å²) in [6.07, 6.45) is 5.12. The van der Waals surface area contributed by atoms with Crippen LogP contribution in [-0.4, -0.2) is 23.4 Å². The molecule has 0 saturated heterocycles. The monoisotopic (exact) mass is 344 g/mol. The molecular formula is C17H26Cl2N2O. The van der Waals surface area contributed by atoms with Crippen LogP contribution >= 0.6 is 24.0 Å². The van der Waals surface area contributed by atoms with Crippen molar-refractivity contribution in [2.45, 2.75) is 51.6 Å². The summed E-state index contributed by atoms with van der Waals surface area (Å²) in [6, 6.07) is 7.89. The lowest BCUT2D eigenvalue weighted by atomic mass is 9.82. The fourth-order valence-corrected chi connectivity index (χ4v) is 3.29. The molecule has 1 saturated carbocycles. The first kappa shape index (κ1) is 19.3. The van der Waals surface area contributed by atoms with Gasteiger partial charge in [-0.1, -0.05) is 36.6 Å². The van der Waals surface area contributed by atoms with Gasteiger partial charge < -0.3 is 10.6 Å². The molecule has 1 amide bonds. The molecule has 0 aromatic heterocycles. The average Bonchev–Trinajstić information content (AvgIpc) is 2.47. The molecule has 2 N–H and O–H groups in total. The summed E-state index contributed by atoms with van der Waals surface area (Å²) in [5, 5.41) is 0.713. The van der Waals surface area contributed by atoms with E-state index in [-0.39, 0.29) is 24.4 Å². The molecule has 3 nitrogen and oxygen atoms in total. The Kier molecular flexibility index (Phi) is 8.23. The first-order chi connectivity index (χ1) is 10.1. The second-order valence-corrected chi connectivity index (χ2v) is 6.39. The number of rotatable bonds is 5. The van der Waals surface area contributed by atoms with Gasteiger partial charge in [-0.3, -0.25) is 4.79 Å².